The molecule has 1 aliphatic rings. The Hall–Kier alpha value is -0.300. The number of alkyl carbamates (subject to hydrolysis) is 1. The van der Waals surface area contributed by atoms with Crippen molar-refractivity contribution in [1.29, 1.82) is 0 Å². The topological polar surface area (TPSA) is 87.7 Å². The number of carbonyl (C=O) groups excluding carboxylic acids is 2. The summed E-state index contributed by atoms with van der Waals surface area (Å²) < 4.78 is 10.2. The van der Waals surface area contributed by atoms with Crippen LogP contribution in [-0.4, -0.2) is 36.9 Å². The Morgan fingerprint density at radius 1 is 1.40 bits per heavy atom. The third-order valence-electron chi connectivity index (χ3n) is 3.18. The fraction of sp³-hybridized carbons (Fsp3) is 0.846. The Labute approximate surface area is 141 Å². The molecule has 0 bridgehead atoms. The number of aliphatic carboxylic acids is 1. The molecule has 1 unspecified atom stereocenters. The fourth-order valence-corrected chi connectivity index (χ4v) is 1.93. The van der Waals surface area contributed by atoms with Gasteiger partial charge in [-0.1, -0.05) is 6.92 Å². The summed E-state index contributed by atoms with van der Waals surface area (Å²) in [5.41, 5.74) is -0.845. The molecule has 6 nitrogen and oxygen atoms in total. The van der Waals surface area contributed by atoms with Gasteiger partial charge < -0.3 is 24.7 Å². The first kappa shape index (κ1) is 19.7. The second-order valence-corrected chi connectivity index (χ2v) is 6.07. The second-order valence-electron chi connectivity index (χ2n) is 6.07. The van der Waals surface area contributed by atoms with E-state index in [2.05, 4.69) is 5.32 Å². The van der Waals surface area contributed by atoms with Crippen LogP contribution in [0.2, 0.25) is 0 Å². The quantitative estimate of drug-likeness (QED) is 0.564. The molecule has 1 amide bonds. The summed E-state index contributed by atoms with van der Waals surface area (Å²) in [5, 5.41) is 13.5. The second kappa shape index (κ2) is 7.64. The van der Waals surface area contributed by atoms with Crippen molar-refractivity contribution in [3.63, 3.8) is 0 Å². The summed E-state index contributed by atoms with van der Waals surface area (Å²) in [6.07, 6.45) is 0.353. The number of rotatable bonds is 5. The van der Waals surface area contributed by atoms with Crippen molar-refractivity contribution in [2.45, 2.75) is 52.2 Å². The maximum Gasteiger partial charge on any atom is 1.00 e. The molecule has 0 saturated carbocycles. The van der Waals surface area contributed by atoms with Crippen molar-refractivity contribution in [1.82, 2.24) is 5.32 Å². The molecule has 1 rings (SSSR count). The van der Waals surface area contributed by atoms with E-state index in [1.807, 2.05) is 6.92 Å². The van der Waals surface area contributed by atoms with Crippen molar-refractivity contribution < 1.29 is 53.7 Å². The molecule has 0 aliphatic carbocycles. The molecule has 1 saturated heterocycles. The van der Waals surface area contributed by atoms with Crippen LogP contribution >= 0.6 is 0 Å². The van der Waals surface area contributed by atoms with Gasteiger partial charge in [-0.3, -0.25) is 0 Å². The van der Waals surface area contributed by atoms with Gasteiger partial charge in [-0.15, -0.1) is 0 Å². The largest absolute Gasteiger partial charge is 1.00 e. The summed E-state index contributed by atoms with van der Waals surface area (Å²) in [4.78, 5) is 22.7. The van der Waals surface area contributed by atoms with E-state index in [9.17, 15) is 14.7 Å². The van der Waals surface area contributed by atoms with Gasteiger partial charge in [0.25, 0.3) is 0 Å². The molecule has 0 spiro atoms. The zero-order chi connectivity index (χ0) is 14.7. The van der Waals surface area contributed by atoms with Crippen LogP contribution in [0.1, 0.15) is 40.5 Å². The van der Waals surface area contributed by atoms with Crippen LogP contribution < -0.4 is 40.0 Å². The summed E-state index contributed by atoms with van der Waals surface area (Å²) in [5.74, 6) is -1.30. The van der Waals surface area contributed by atoms with Crippen LogP contribution in [0.4, 0.5) is 4.79 Å². The average molecular weight is 295 g/mol. The molecule has 1 heterocycles. The van der Waals surface area contributed by atoms with Crippen LogP contribution in [-0.2, 0) is 14.3 Å². The average Bonchev–Trinajstić information content (AvgIpc) is 2.18. The molecule has 20 heavy (non-hydrogen) atoms. The third-order valence-corrected chi connectivity index (χ3v) is 3.18. The minimum atomic E-state index is -1.30. The molecule has 110 valence electrons. The number of carbonyl (C=O) groups is 2. The Morgan fingerprint density at radius 3 is 2.25 bits per heavy atom. The first-order valence-corrected chi connectivity index (χ1v) is 6.45. The number of ether oxygens (including phenoxy) is 2. The minimum Gasteiger partial charge on any atom is -0.548 e. The van der Waals surface area contributed by atoms with Crippen LogP contribution in [0, 0.1) is 5.41 Å². The van der Waals surface area contributed by atoms with Gasteiger partial charge >= 0.3 is 35.7 Å². The standard InChI is InChI=1S/C13H23NO5.Na/c1-5-13(7-18-8-13)6-9(10(15)16)14-11(17)19-12(2,3)4;/h9H,5-8H2,1-4H3,(H,14,17)(H,15,16);/q;+1/p-1. The SMILES string of the molecule is CCC1(CC(NC(=O)OC(C)(C)C)C(=O)[O-])COC1.[Na+]. The van der Waals surface area contributed by atoms with Gasteiger partial charge in [-0.05, 0) is 33.6 Å². The zero-order valence-electron chi connectivity index (χ0n) is 12.9. The number of nitrogens with one attached hydrogen (secondary N) is 1. The number of amides is 1. The van der Waals surface area contributed by atoms with Crippen LogP contribution in [0.25, 0.3) is 0 Å². The molecular formula is C13H22NNaO5. The van der Waals surface area contributed by atoms with Crippen LogP contribution in [0.15, 0.2) is 0 Å². The fourth-order valence-electron chi connectivity index (χ4n) is 1.93. The molecule has 1 atom stereocenters. The minimum absolute atomic E-state index is 0. The molecule has 1 fully saturated rings. The summed E-state index contributed by atoms with van der Waals surface area (Å²) in [6.45, 7) is 8.16. The molecule has 0 aromatic carbocycles. The van der Waals surface area contributed by atoms with Crippen LogP contribution in [0.5, 0.6) is 0 Å². The molecule has 0 aromatic rings. The van der Waals surface area contributed by atoms with E-state index in [1.165, 1.54) is 0 Å². The Balaban J connectivity index is 0.00000361. The molecule has 0 radical (unpaired) electrons. The van der Waals surface area contributed by atoms with Gasteiger partial charge in [0, 0.05) is 5.41 Å². The van der Waals surface area contributed by atoms with Crippen molar-refractivity contribution >= 4 is 12.1 Å². The summed E-state index contributed by atoms with van der Waals surface area (Å²) in [6, 6.07) is -1.06. The van der Waals surface area contributed by atoms with Gasteiger partial charge in [-0.25, -0.2) is 4.79 Å². The van der Waals surface area contributed by atoms with Crippen LogP contribution in [0.3, 0.4) is 0 Å². The normalized spacial score (nSPS) is 18.2. The van der Waals surface area contributed by atoms with Gasteiger partial charge in [-0.2, -0.15) is 0 Å². The van der Waals surface area contributed by atoms with E-state index in [-0.39, 0.29) is 35.0 Å². The molecule has 0 aromatic heterocycles. The smallest absolute Gasteiger partial charge is 0.548 e. The predicted octanol–water partition coefficient (Wildman–Crippen LogP) is -2.55. The van der Waals surface area contributed by atoms with E-state index >= 15 is 0 Å². The zero-order valence-corrected chi connectivity index (χ0v) is 14.9. The molecule has 7 heteroatoms. The number of carboxylic acids is 1. The van der Waals surface area contributed by atoms with Gasteiger partial charge in [0.15, 0.2) is 0 Å². The van der Waals surface area contributed by atoms with Gasteiger partial charge in [0.2, 0.25) is 0 Å². The predicted molar refractivity (Wildman–Crippen MR) is 66.3 cm³/mol. The molecule has 1 N–H and O–H groups in total. The first-order valence-electron chi connectivity index (χ1n) is 6.45. The van der Waals surface area contributed by atoms with E-state index < -0.39 is 23.7 Å². The Morgan fingerprint density at radius 2 is 1.95 bits per heavy atom. The number of hydrogen-bond acceptors (Lipinski definition) is 5. The summed E-state index contributed by atoms with van der Waals surface area (Å²) >= 11 is 0. The molecule has 1 aliphatic heterocycles. The molecular weight excluding hydrogens is 273 g/mol. The van der Waals surface area contributed by atoms with E-state index in [0.29, 0.717) is 19.6 Å². The maximum atomic E-state index is 11.6. The van der Waals surface area contributed by atoms with Crippen molar-refractivity contribution in [3.8, 4) is 0 Å². The van der Waals surface area contributed by atoms with E-state index in [4.69, 9.17) is 9.47 Å². The monoisotopic (exact) mass is 295 g/mol. The van der Waals surface area contributed by atoms with Gasteiger partial charge in [0.05, 0.1) is 25.2 Å². The van der Waals surface area contributed by atoms with Crippen molar-refractivity contribution in [2.75, 3.05) is 13.2 Å². The number of hydrogen-bond donors (Lipinski definition) is 1. The maximum absolute atomic E-state index is 11.6. The van der Waals surface area contributed by atoms with Crippen molar-refractivity contribution in [3.05, 3.63) is 0 Å². The first-order chi connectivity index (χ1) is 8.67. The number of carboxylic acid groups (broad SMARTS) is 1. The van der Waals surface area contributed by atoms with Gasteiger partial charge in [0.1, 0.15) is 5.60 Å². The van der Waals surface area contributed by atoms with Crippen molar-refractivity contribution in [2.24, 2.45) is 5.41 Å². The Kier molecular flexibility index (Phi) is 7.52. The van der Waals surface area contributed by atoms with E-state index in [1.54, 1.807) is 20.8 Å². The Bertz CT molecular complexity index is 344. The van der Waals surface area contributed by atoms with E-state index in [0.717, 1.165) is 6.42 Å². The summed E-state index contributed by atoms with van der Waals surface area (Å²) in [7, 11) is 0. The third kappa shape index (κ3) is 5.99.